The van der Waals surface area contributed by atoms with Gasteiger partial charge < -0.3 is 14.6 Å². The molecule has 4 aromatic rings. The van der Waals surface area contributed by atoms with Crippen LogP contribution in [0.4, 0.5) is 0 Å². The Balaban J connectivity index is 1.57. The first-order chi connectivity index (χ1) is 15.8. The second-order valence-corrected chi connectivity index (χ2v) is 10.0. The average Bonchev–Trinajstić information content (AvgIpc) is 3.48. The summed E-state index contributed by atoms with van der Waals surface area (Å²) in [6, 6.07) is 13.9. The van der Waals surface area contributed by atoms with Crippen LogP contribution < -0.4 is 4.74 Å². The molecular formula is C26H26N4O2S. The molecule has 1 amide bonds. The van der Waals surface area contributed by atoms with Crippen molar-refractivity contribution in [2.24, 2.45) is 0 Å². The molecule has 5 rings (SSSR count). The van der Waals surface area contributed by atoms with Gasteiger partial charge in [-0.1, -0.05) is 42.0 Å². The van der Waals surface area contributed by atoms with Crippen LogP contribution in [0.2, 0.25) is 0 Å². The van der Waals surface area contributed by atoms with Crippen molar-refractivity contribution in [3.05, 3.63) is 76.7 Å². The molecule has 1 saturated heterocycles. The molecule has 0 spiro atoms. The maximum atomic E-state index is 13.9. The van der Waals surface area contributed by atoms with Gasteiger partial charge in [-0.3, -0.25) is 4.79 Å². The Morgan fingerprint density at radius 1 is 1.18 bits per heavy atom. The third-order valence-electron chi connectivity index (χ3n) is 6.27. The van der Waals surface area contributed by atoms with Crippen molar-refractivity contribution in [2.45, 2.75) is 32.7 Å². The summed E-state index contributed by atoms with van der Waals surface area (Å²) in [5.74, 6) is 1.39. The maximum absolute atomic E-state index is 13.9. The van der Waals surface area contributed by atoms with Gasteiger partial charge in [0.1, 0.15) is 22.8 Å². The zero-order valence-corrected chi connectivity index (χ0v) is 20.0. The van der Waals surface area contributed by atoms with E-state index in [4.69, 9.17) is 9.72 Å². The number of benzene rings is 2. The third kappa shape index (κ3) is 3.62. The van der Waals surface area contributed by atoms with Gasteiger partial charge in [-0.25, -0.2) is 9.97 Å². The lowest BCUT2D eigenvalue weighted by Gasteiger charge is -2.33. The maximum Gasteiger partial charge on any atom is 0.275 e. The molecular weight excluding hydrogens is 432 g/mol. The van der Waals surface area contributed by atoms with Crippen LogP contribution in [0.15, 0.2) is 54.6 Å². The summed E-state index contributed by atoms with van der Waals surface area (Å²) >= 11 is 1.55. The van der Waals surface area contributed by atoms with Crippen LogP contribution in [-0.2, 0) is 5.54 Å². The van der Waals surface area contributed by atoms with Gasteiger partial charge in [-0.05, 0) is 38.5 Å². The minimum absolute atomic E-state index is 0.103. The molecule has 3 heterocycles. The number of rotatable bonds is 4. The number of aromatic nitrogens is 3. The van der Waals surface area contributed by atoms with Crippen LogP contribution in [-0.4, -0.2) is 39.4 Å². The van der Waals surface area contributed by atoms with Crippen LogP contribution in [0, 0.1) is 13.8 Å². The summed E-state index contributed by atoms with van der Waals surface area (Å²) in [4.78, 5) is 29.6. The zero-order chi connectivity index (χ0) is 23.3. The number of aryl methyl sites for hydroxylation is 2. The van der Waals surface area contributed by atoms with Gasteiger partial charge in [-0.2, -0.15) is 0 Å². The van der Waals surface area contributed by atoms with Gasteiger partial charge in [0.05, 0.1) is 28.0 Å². The molecule has 0 radical (unpaired) electrons. The largest absolute Gasteiger partial charge is 0.497 e. The lowest BCUT2D eigenvalue weighted by atomic mass is 9.96. The fourth-order valence-electron chi connectivity index (χ4n) is 4.51. The predicted molar refractivity (Wildman–Crippen MR) is 132 cm³/mol. The Kier molecular flexibility index (Phi) is 5.09. The molecule has 1 atom stereocenters. The molecule has 33 heavy (non-hydrogen) atoms. The van der Waals surface area contributed by atoms with E-state index in [2.05, 4.69) is 35.6 Å². The summed E-state index contributed by atoms with van der Waals surface area (Å²) in [5, 5.41) is 0.865. The second-order valence-electron chi connectivity index (χ2n) is 8.84. The molecule has 0 bridgehead atoms. The number of carbonyl (C=O) groups excluding carboxylic acids is 1. The number of carbonyl (C=O) groups is 1. The predicted octanol–water partition coefficient (Wildman–Crippen LogP) is 5.63. The summed E-state index contributed by atoms with van der Waals surface area (Å²) in [5.41, 5.74) is 4.72. The number of aromatic amines is 1. The molecule has 1 aliphatic heterocycles. The molecule has 0 aliphatic carbocycles. The van der Waals surface area contributed by atoms with Gasteiger partial charge in [0, 0.05) is 19.0 Å². The van der Waals surface area contributed by atoms with Gasteiger partial charge >= 0.3 is 0 Å². The number of methoxy groups -OCH3 is 1. The van der Waals surface area contributed by atoms with Crippen molar-refractivity contribution < 1.29 is 9.53 Å². The van der Waals surface area contributed by atoms with E-state index in [9.17, 15) is 4.79 Å². The van der Waals surface area contributed by atoms with Crippen LogP contribution in [0.3, 0.4) is 0 Å². The van der Waals surface area contributed by atoms with Crippen molar-refractivity contribution in [1.29, 1.82) is 0 Å². The van der Waals surface area contributed by atoms with Crippen molar-refractivity contribution >= 4 is 28.3 Å². The van der Waals surface area contributed by atoms with Gasteiger partial charge in [-0.15, -0.1) is 11.3 Å². The number of thiazole rings is 1. The van der Waals surface area contributed by atoms with Crippen molar-refractivity contribution in [2.75, 3.05) is 13.7 Å². The Labute approximate surface area is 197 Å². The molecule has 1 unspecified atom stereocenters. The number of imidazole rings is 1. The molecule has 1 aliphatic rings. The summed E-state index contributed by atoms with van der Waals surface area (Å²) < 4.78 is 5.35. The smallest absolute Gasteiger partial charge is 0.275 e. The highest BCUT2D eigenvalue weighted by molar-refractivity contribution is 7.15. The minimum atomic E-state index is -0.650. The van der Waals surface area contributed by atoms with Crippen LogP contribution in [0.1, 0.15) is 40.2 Å². The molecule has 0 saturated carbocycles. The highest BCUT2D eigenvalue weighted by Crippen LogP contribution is 2.42. The van der Waals surface area contributed by atoms with E-state index in [1.54, 1.807) is 18.4 Å². The first kappa shape index (κ1) is 21.4. The van der Waals surface area contributed by atoms with Gasteiger partial charge in [0.15, 0.2) is 0 Å². The van der Waals surface area contributed by atoms with E-state index >= 15 is 0 Å². The number of amides is 1. The van der Waals surface area contributed by atoms with Crippen LogP contribution >= 0.6 is 11.3 Å². The van der Waals surface area contributed by atoms with Crippen molar-refractivity contribution in [3.8, 4) is 16.2 Å². The molecule has 1 N–H and O–H groups in total. The Morgan fingerprint density at radius 3 is 2.67 bits per heavy atom. The molecule has 1 fully saturated rings. The molecule has 6 nitrogen and oxygen atoms in total. The van der Waals surface area contributed by atoms with E-state index in [0.29, 0.717) is 18.7 Å². The van der Waals surface area contributed by atoms with E-state index < -0.39 is 5.54 Å². The number of fused-ring (bicyclic) bond motifs is 1. The van der Waals surface area contributed by atoms with Crippen LogP contribution in [0.5, 0.6) is 5.75 Å². The van der Waals surface area contributed by atoms with E-state index in [0.717, 1.165) is 43.6 Å². The number of hydrogen-bond donors (Lipinski definition) is 1. The second kappa shape index (κ2) is 7.85. The first-order valence-corrected chi connectivity index (χ1v) is 11.7. The number of hydrogen-bond acceptors (Lipinski definition) is 5. The number of ether oxygens (including phenoxy) is 1. The first-order valence-electron chi connectivity index (χ1n) is 10.9. The Hall–Kier alpha value is -3.45. The van der Waals surface area contributed by atoms with Crippen molar-refractivity contribution in [3.63, 3.8) is 0 Å². The normalized spacial score (nSPS) is 18.3. The SMILES string of the molecule is C=C1CN(C(=O)c2nc(C)sc2-c2ccc(C)cc2)C(C)(c2nc3ccc(OC)cc3[nH]2)C1. The summed E-state index contributed by atoms with van der Waals surface area (Å²) in [7, 11) is 1.64. The summed E-state index contributed by atoms with van der Waals surface area (Å²) in [6.45, 7) is 10.7. The van der Waals surface area contributed by atoms with Crippen molar-refractivity contribution in [1.82, 2.24) is 19.9 Å². The van der Waals surface area contributed by atoms with Crippen LogP contribution in [0.25, 0.3) is 21.5 Å². The number of nitrogens with zero attached hydrogens (tertiary/aromatic N) is 3. The van der Waals surface area contributed by atoms with E-state index in [1.807, 2.05) is 49.1 Å². The fraction of sp³-hybridized carbons (Fsp3) is 0.269. The lowest BCUT2D eigenvalue weighted by Crippen LogP contribution is -2.44. The monoisotopic (exact) mass is 458 g/mol. The average molecular weight is 459 g/mol. The third-order valence-corrected chi connectivity index (χ3v) is 7.29. The quantitative estimate of drug-likeness (QED) is 0.402. The topological polar surface area (TPSA) is 71.1 Å². The highest BCUT2D eigenvalue weighted by Gasteiger charge is 2.46. The summed E-state index contributed by atoms with van der Waals surface area (Å²) in [6.07, 6.45) is 0.638. The molecule has 7 heteroatoms. The number of likely N-dealkylation sites (tertiary alicyclic amines) is 1. The van der Waals surface area contributed by atoms with Gasteiger partial charge in [0.2, 0.25) is 0 Å². The highest BCUT2D eigenvalue weighted by atomic mass is 32.1. The van der Waals surface area contributed by atoms with Gasteiger partial charge in [0.25, 0.3) is 5.91 Å². The standard InChI is InChI=1S/C26H26N4O2S/c1-15-6-8-18(9-7-15)23-22(27-17(3)33-23)24(31)30-14-16(2)13-26(30,4)25-28-20-11-10-19(32-5)12-21(20)29-25/h6-12H,2,13-14H2,1,3-5H3,(H,28,29). The molecule has 168 valence electrons. The number of nitrogens with one attached hydrogen (secondary N) is 1. The Morgan fingerprint density at radius 2 is 1.94 bits per heavy atom. The molecule has 2 aromatic carbocycles. The lowest BCUT2D eigenvalue weighted by molar-refractivity contribution is 0.0602. The fourth-order valence-corrected chi connectivity index (χ4v) is 5.43. The number of H-pyrrole nitrogens is 1. The Bertz CT molecular complexity index is 1390. The van der Waals surface area contributed by atoms with E-state index in [1.165, 1.54) is 5.56 Å². The van der Waals surface area contributed by atoms with E-state index in [-0.39, 0.29) is 5.91 Å². The minimum Gasteiger partial charge on any atom is -0.497 e. The zero-order valence-electron chi connectivity index (χ0n) is 19.2. The molecule has 2 aromatic heterocycles.